The standard InChI is InChI=1S/C16H22BrN3O3S/c17-14-3-5-15(6-4-14)24(22,23)20-12-9-18(10-13-20)8-11-19-7-1-2-16(19)21/h3-6H,1-2,7-13H2. The number of carbonyl (C=O) groups is 1. The van der Waals surface area contributed by atoms with Gasteiger partial charge in [-0.05, 0) is 30.7 Å². The minimum Gasteiger partial charge on any atom is -0.341 e. The van der Waals surface area contributed by atoms with Crippen LogP contribution in [0, 0.1) is 0 Å². The van der Waals surface area contributed by atoms with Crippen molar-refractivity contribution in [3.05, 3.63) is 28.7 Å². The van der Waals surface area contributed by atoms with E-state index in [1.54, 1.807) is 28.6 Å². The van der Waals surface area contributed by atoms with E-state index in [1.807, 2.05) is 4.90 Å². The zero-order valence-electron chi connectivity index (χ0n) is 13.5. The lowest BCUT2D eigenvalue weighted by Gasteiger charge is -2.34. The van der Waals surface area contributed by atoms with Crippen LogP contribution in [0.4, 0.5) is 0 Å². The average molecular weight is 416 g/mol. The van der Waals surface area contributed by atoms with Gasteiger partial charge in [0.25, 0.3) is 0 Å². The van der Waals surface area contributed by atoms with Crippen LogP contribution in [0.1, 0.15) is 12.8 Å². The third kappa shape index (κ3) is 3.99. The highest BCUT2D eigenvalue weighted by molar-refractivity contribution is 9.10. The van der Waals surface area contributed by atoms with Crippen LogP contribution in [0.25, 0.3) is 0 Å². The Morgan fingerprint density at radius 1 is 0.958 bits per heavy atom. The summed E-state index contributed by atoms with van der Waals surface area (Å²) in [6, 6.07) is 6.75. The lowest BCUT2D eigenvalue weighted by molar-refractivity contribution is -0.127. The summed E-state index contributed by atoms with van der Waals surface area (Å²) < 4.78 is 27.7. The Bertz CT molecular complexity index is 685. The van der Waals surface area contributed by atoms with E-state index in [-0.39, 0.29) is 5.91 Å². The summed E-state index contributed by atoms with van der Waals surface area (Å²) in [5, 5.41) is 0. The molecule has 8 heteroatoms. The number of likely N-dealkylation sites (tertiary alicyclic amines) is 1. The number of piperazine rings is 1. The number of amides is 1. The van der Waals surface area contributed by atoms with E-state index in [9.17, 15) is 13.2 Å². The van der Waals surface area contributed by atoms with Crippen LogP contribution in [-0.4, -0.2) is 74.2 Å². The second-order valence-corrected chi connectivity index (χ2v) is 9.04. The van der Waals surface area contributed by atoms with E-state index in [4.69, 9.17) is 0 Å². The van der Waals surface area contributed by atoms with Gasteiger partial charge in [0.1, 0.15) is 0 Å². The highest BCUT2D eigenvalue weighted by Gasteiger charge is 2.29. The molecule has 132 valence electrons. The van der Waals surface area contributed by atoms with Gasteiger partial charge in [-0.1, -0.05) is 15.9 Å². The van der Waals surface area contributed by atoms with Crippen molar-refractivity contribution in [2.24, 2.45) is 0 Å². The molecule has 0 bridgehead atoms. The molecule has 2 aliphatic rings. The third-order valence-corrected chi connectivity index (χ3v) is 7.08. The second-order valence-electron chi connectivity index (χ2n) is 6.18. The van der Waals surface area contributed by atoms with E-state index >= 15 is 0 Å². The fourth-order valence-electron chi connectivity index (χ4n) is 3.15. The molecule has 0 N–H and O–H groups in total. The maximum Gasteiger partial charge on any atom is 0.243 e. The summed E-state index contributed by atoms with van der Waals surface area (Å²) in [6.07, 6.45) is 1.62. The SMILES string of the molecule is O=C1CCCN1CCN1CCN(S(=O)(=O)c2ccc(Br)cc2)CC1. The molecular formula is C16H22BrN3O3S. The summed E-state index contributed by atoms with van der Waals surface area (Å²) in [4.78, 5) is 16.1. The summed E-state index contributed by atoms with van der Waals surface area (Å²) in [5.74, 6) is 0.242. The molecule has 0 radical (unpaired) electrons. The molecule has 3 rings (SSSR count). The first-order chi connectivity index (χ1) is 11.5. The fourth-order valence-corrected chi connectivity index (χ4v) is 4.84. The minimum atomic E-state index is -3.42. The number of halogens is 1. The van der Waals surface area contributed by atoms with E-state index in [0.717, 1.165) is 30.5 Å². The maximum absolute atomic E-state index is 12.7. The average Bonchev–Trinajstić information content (AvgIpc) is 2.99. The molecule has 24 heavy (non-hydrogen) atoms. The topological polar surface area (TPSA) is 60.9 Å². The summed E-state index contributed by atoms with van der Waals surface area (Å²) in [5.41, 5.74) is 0. The predicted molar refractivity (Wildman–Crippen MR) is 95.2 cm³/mol. The van der Waals surface area contributed by atoms with Crippen LogP contribution in [0.2, 0.25) is 0 Å². The molecule has 2 heterocycles. The molecule has 2 saturated heterocycles. The summed E-state index contributed by atoms with van der Waals surface area (Å²) in [6.45, 7) is 4.82. The molecule has 1 amide bonds. The van der Waals surface area contributed by atoms with E-state index in [0.29, 0.717) is 37.5 Å². The monoisotopic (exact) mass is 415 g/mol. The highest BCUT2D eigenvalue weighted by atomic mass is 79.9. The molecule has 2 fully saturated rings. The lowest BCUT2D eigenvalue weighted by Crippen LogP contribution is -2.50. The zero-order valence-corrected chi connectivity index (χ0v) is 15.9. The Labute approximate surface area is 151 Å². The van der Waals surface area contributed by atoms with Gasteiger partial charge in [-0.15, -0.1) is 0 Å². The lowest BCUT2D eigenvalue weighted by atomic mass is 10.3. The second kappa shape index (κ2) is 7.51. The number of hydrogen-bond donors (Lipinski definition) is 0. The van der Waals surface area contributed by atoms with Crippen LogP contribution in [0.15, 0.2) is 33.6 Å². The van der Waals surface area contributed by atoms with Crippen molar-refractivity contribution in [2.75, 3.05) is 45.8 Å². The number of sulfonamides is 1. The third-order valence-electron chi connectivity index (χ3n) is 4.64. The Kier molecular flexibility index (Phi) is 5.59. The normalized spacial score (nSPS) is 20.7. The molecule has 2 aliphatic heterocycles. The largest absolute Gasteiger partial charge is 0.341 e. The highest BCUT2D eigenvalue weighted by Crippen LogP contribution is 2.20. The number of benzene rings is 1. The Morgan fingerprint density at radius 2 is 1.62 bits per heavy atom. The molecule has 0 aromatic heterocycles. The Morgan fingerprint density at radius 3 is 2.21 bits per heavy atom. The first-order valence-electron chi connectivity index (χ1n) is 8.23. The van der Waals surface area contributed by atoms with Crippen molar-refractivity contribution >= 4 is 31.9 Å². The molecular weight excluding hydrogens is 394 g/mol. The van der Waals surface area contributed by atoms with E-state index < -0.39 is 10.0 Å². The van der Waals surface area contributed by atoms with E-state index in [2.05, 4.69) is 20.8 Å². The van der Waals surface area contributed by atoms with Gasteiger partial charge in [0, 0.05) is 56.7 Å². The van der Waals surface area contributed by atoms with Crippen LogP contribution in [-0.2, 0) is 14.8 Å². The van der Waals surface area contributed by atoms with Crippen molar-refractivity contribution < 1.29 is 13.2 Å². The van der Waals surface area contributed by atoms with Gasteiger partial charge in [0.05, 0.1) is 4.90 Å². The van der Waals surface area contributed by atoms with Crippen LogP contribution < -0.4 is 0 Å². The molecule has 0 aliphatic carbocycles. The first-order valence-corrected chi connectivity index (χ1v) is 10.5. The molecule has 0 spiro atoms. The molecule has 6 nitrogen and oxygen atoms in total. The van der Waals surface area contributed by atoms with Crippen LogP contribution in [0.5, 0.6) is 0 Å². The smallest absolute Gasteiger partial charge is 0.243 e. The number of rotatable bonds is 5. The van der Waals surface area contributed by atoms with Gasteiger partial charge in [0.15, 0.2) is 0 Å². The maximum atomic E-state index is 12.7. The van der Waals surface area contributed by atoms with Gasteiger partial charge in [0.2, 0.25) is 15.9 Å². The quantitative estimate of drug-likeness (QED) is 0.728. The van der Waals surface area contributed by atoms with Crippen LogP contribution >= 0.6 is 15.9 Å². The first kappa shape index (κ1) is 17.8. The van der Waals surface area contributed by atoms with Crippen molar-refractivity contribution in [1.82, 2.24) is 14.1 Å². The molecule has 1 aromatic rings. The van der Waals surface area contributed by atoms with Crippen molar-refractivity contribution in [3.8, 4) is 0 Å². The number of hydrogen-bond acceptors (Lipinski definition) is 4. The number of carbonyl (C=O) groups excluding carboxylic acids is 1. The zero-order chi connectivity index (χ0) is 17.2. The Hall–Kier alpha value is -0.960. The fraction of sp³-hybridized carbons (Fsp3) is 0.562. The molecule has 0 atom stereocenters. The van der Waals surface area contributed by atoms with Crippen LogP contribution in [0.3, 0.4) is 0 Å². The summed E-state index contributed by atoms with van der Waals surface area (Å²) in [7, 11) is -3.42. The van der Waals surface area contributed by atoms with Gasteiger partial charge in [-0.3, -0.25) is 9.69 Å². The van der Waals surface area contributed by atoms with Gasteiger partial charge in [-0.25, -0.2) is 8.42 Å². The van der Waals surface area contributed by atoms with Gasteiger partial charge in [-0.2, -0.15) is 4.31 Å². The minimum absolute atomic E-state index is 0.242. The van der Waals surface area contributed by atoms with E-state index in [1.165, 1.54) is 0 Å². The van der Waals surface area contributed by atoms with Crippen molar-refractivity contribution in [2.45, 2.75) is 17.7 Å². The van der Waals surface area contributed by atoms with Gasteiger partial charge < -0.3 is 4.90 Å². The Balaban J connectivity index is 1.52. The number of nitrogens with zero attached hydrogens (tertiary/aromatic N) is 3. The van der Waals surface area contributed by atoms with Crippen molar-refractivity contribution in [3.63, 3.8) is 0 Å². The summed E-state index contributed by atoms with van der Waals surface area (Å²) >= 11 is 3.32. The molecule has 0 unspecified atom stereocenters. The predicted octanol–water partition coefficient (Wildman–Crippen LogP) is 1.38. The molecule has 1 aromatic carbocycles. The van der Waals surface area contributed by atoms with Crippen molar-refractivity contribution in [1.29, 1.82) is 0 Å². The van der Waals surface area contributed by atoms with Gasteiger partial charge >= 0.3 is 0 Å². The molecule has 0 saturated carbocycles.